The van der Waals surface area contributed by atoms with Crippen molar-refractivity contribution in [2.75, 3.05) is 19.6 Å². The lowest BCUT2D eigenvalue weighted by molar-refractivity contribution is -0.126. The van der Waals surface area contributed by atoms with Crippen LogP contribution in [0.2, 0.25) is 0 Å². The zero-order valence-corrected chi connectivity index (χ0v) is 14.5. The van der Waals surface area contributed by atoms with Crippen molar-refractivity contribution in [3.8, 4) is 0 Å². The molecule has 3 heterocycles. The Morgan fingerprint density at radius 3 is 3.04 bits per heavy atom. The molecule has 1 atom stereocenters. The van der Waals surface area contributed by atoms with Gasteiger partial charge in [-0.1, -0.05) is 0 Å². The molecular weight excluding hydrogens is 320 g/mol. The van der Waals surface area contributed by atoms with Crippen LogP contribution in [-0.4, -0.2) is 50.2 Å². The Morgan fingerprint density at radius 2 is 2.24 bits per heavy atom. The van der Waals surface area contributed by atoms with E-state index in [2.05, 4.69) is 25.3 Å². The molecule has 134 valence electrons. The van der Waals surface area contributed by atoms with Crippen LogP contribution in [0, 0.1) is 11.8 Å². The Balaban J connectivity index is 1.42. The first-order valence-electron chi connectivity index (χ1n) is 9.01. The summed E-state index contributed by atoms with van der Waals surface area (Å²) >= 11 is 0. The first-order valence-corrected chi connectivity index (χ1v) is 9.01. The molecule has 1 saturated carbocycles. The van der Waals surface area contributed by atoms with Crippen LogP contribution in [0.5, 0.6) is 0 Å². The van der Waals surface area contributed by atoms with E-state index in [1.165, 1.54) is 19.0 Å². The smallest absolute Gasteiger partial charge is 0.262 e. The van der Waals surface area contributed by atoms with Crippen LogP contribution in [0.3, 0.4) is 0 Å². The molecule has 0 unspecified atom stereocenters. The Kier molecular flexibility index (Phi) is 4.29. The molecule has 8 nitrogen and oxygen atoms in total. The van der Waals surface area contributed by atoms with Crippen molar-refractivity contribution in [2.24, 2.45) is 18.9 Å². The molecule has 4 rings (SSSR count). The van der Waals surface area contributed by atoms with Gasteiger partial charge in [0.2, 0.25) is 5.91 Å². The summed E-state index contributed by atoms with van der Waals surface area (Å²) in [6, 6.07) is 0. The zero-order chi connectivity index (χ0) is 17.4. The van der Waals surface area contributed by atoms with Gasteiger partial charge in [-0.2, -0.15) is 5.10 Å². The first-order chi connectivity index (χ1) is 12.1. The highest BCUT2D eigenvalue weighted by Crippen LogP contribution is 2.28. The van der Waals surface area contributed by atoms with E-state index in [9.17, 15) is 9.59 Å². The standard InChI is InChI=1S/C17H24N6O2/c1-22-15-13(8-19-22)17(25)21-14(20-15)10-23-6-2-3-12(9-23)16(24)18-7-11-4-5-11/h8,11-12H,2-7,9-10H2,1H3,(H,18,24)(H,20,21,25)/t12-/m1/s1. The number of carbonyl (C=O) groups is 1. The lowest BCUT2D eigenvalue weighted by Gasteiger charge is -2.31. The highest BCUT2D eigenvalue weighted by atomic mass is 16.2. The fourth-order valence-corrected chi connectivity index (χ4v) is 3.49. The molecule has 0 bridgehead atoms. The first kappa shape index (κ1) is 16.3. The minimum atomic E-state index is -0.163. The van der Waals surface area contributed by atoms with Gasteiger partial charge in [0, 0.05) is 20.1 Å². The molecule has 1 saturated heterocycles. The largest absolute Gasteiger partial charge is 0.356 e. The number of H-pyrrole nitrogens is 1. The van der Waals surface area contributed by atoms with Crippen molar-refractivity contribution >= 4 is 16.9 Å². The van der Waals surface area contributed by atoms with E-state index in [4.69, 9.17) is 0 Å². The number of aromatic amines is 1. The summed E-state index contributed by atoms with van der Waals surface area (Å²) in [6.07, 6.45) is 5.93. The minimum absolute atomic E-state index is 0.0275. The predicted octanol–water partition coefficient (Wildman–Crippen LogP) is 0.395. The van der Waals surface area contributed by atoms with Crippen LogP contribution in [0.25, 0.3) is 11.0 Å². The number of likely N-dealkylation sites (tertiary alicyclic amines) is 1. The second-order valence-corrected chi connectivity index (χ2v) is 7.28. The van der Waals surface area contributed by atoms with Gasteiger partial charge in [0.1, 0.15) is 11.2 Å². The topological polar surface area (TPSA) is 95.9 Å². The molecule has 0 spiro atoms. The minimum Gasteiger partial charge on any atom is -0.356 e. The highest BCUT2D eigenvalue weighted by Gasteiger charge is 2.28. The highest BCUT2D eigenvalue weighted by molar-refractivity contribution is 5.79. The van der Waals surface area contributed by atoms with Crippen molar-refractivity contribution < 1.29 is 4.79 Å². The predicted molar refractivity (Wildman–Crippen MR) is 92.9 cm³/mol. The van der Waals surface area contributed by atoms with E-state index in [0.29, 0.717) is 35.9 Å². The van der Waals surface area contributed by atoms with E-state index in [-0.39, 0.29) is 17.4 Å². The number of carbonyl (C=O) groups excluding carboxylic acids is 1. The van der Waals surface area contributed by atoms with Gasteiger partial charge in [0.05, 0.1) is 18.7 Å². The van der Waals surface area contributed by atoms with E-state index in [1.807, 2.05) is 0 Å². The summed E-state index contributed by atoms with van der Waals surface area (Å²) in [5, 5.41) is 7.67. The Labute approximate surface area is 145 Å². The second kappa shape index (κ2) is 6.59. The zero-order valence-electron chi connectivity index (χ0n) is 14.5. The van der Waals surface area contributed by atoms with Crippen molar-refractivity contribution in [3.63, 3.8) is 0 Å². The lowest BCUT2D eigenvalue weighted by atomic mass is 9.97. The van der Waals surface area contributed by atoms with Crippen LogP contribution < -0.4 is 10.9 Å². The summed E-state index contributed by atoms with van der Waals surface area (Å²) in [5.74, 6) is 1.52. The summed E-state index contributed by atoms with van der Waals surface area (Å²) < 4.78 is 1.61. The van der Waals surface area contributed by atoms with E-state index >= 15 is 0 Å². The number of piperidine rings is 1. The number of nitrogens with zero attached hydrogens (tertiary/aromatic N) is 4. The lowest BCUT2D eigenvalue weighted by Crippen LogP contribution is -2.43. The number of aryl methyl sites for hydroxylation is 1. The third-order valence-electron chi connectivity index (χ3n) is 5.16. The maximum atomic E-state index is 12.3. The number of hydrogen-bond acceptors (Lipinski definition) is 5. The van der Waals surface area contributed by atoms with E-state index in [0.717, 1.165) is 25.9 Å². The van der Waals surface area contributed by atoms with E-state index < -0.39 is 0 Å². The number of nitrogens with one attached hydrogen (secondary N) is 2. The summed E-state index contributed by atoms with van der Waals surface area (Å²) in [5.41, 5.74) is 0.429. The summed E-state index contributed by atoms with van der Waals surface area (Å²) in [7, 11) is 1.78. The summed E-state index contributed by atoms with van der Waals surface area (Å²) in [4.78, 5) is 34.1. The molecule has 25 heavy (non-hydrogen) atoms. The molecule has 1 aliphatic carbocycles. The number of aromatic nitrogens is 4. The van der Waals surface area contributed by atoms with Crippen molar-refractivity contribution in [1.82, 2.24) is 30.0 Å². The molecule has 2 aromatic heterocycles. The van der Waals surface area contributed by atoms with Crippen LogP contribution in [0.4, 0.5) is 0 Å². The van der Waals surface area contributed by atoms with Gasteiger partial charge in [-0.15, -0.1) is 0 Å². The molecule has 8 heteroatoms. The number of rotatable bonds is 5. The molecule has 1 amide bonds. The Bertz CT molecular complexity index is 837. The number of amides is 1. The molecule has 0 aromatic carbocycles. The van der Waals surface area contributed by atoms with Gasteiger partial charge >= 0.3 is 0 Å². The third-order valence-corrected chi connectivity index (χ3v) is 5.16. The van der Waals surface area contributed by atoms with E-state index in [1.54, 1.807) is 11.7 Å². The molecule has 2 fully saturated rings. The van der Waals surface area contributed by atoms with Crippen molar-refractivity contribution in [3.05, 3.63) is 22.4 Å². The van der Waals surface area contributed by atoms with Crippen LogP contribution >= 0.6 is 0 Å². The Morgan fingerprint density at radius 1 is 1.40 bits per heavy atom. The Hall–Kier alpha value is -2.22. The van der Waals surface area contributed by atoms with Crippen LogP contribution in [-0.2, 0) is 18.4 Å². The van der Waals surface area contributed by atoms with Gasteiger partial charge in [0.15, 0.2) is 5.65 Å². The van der Waals surface area contributed by atoms with Gasteiger partial charge in [0.25, 0.3) is 5.56 Å². The molecular formula is C17H24N6O2. The number of fused-ring (bicyclic) bond motifs is 1. The molecule has 2 aromatic rings. The van der Waals surface area contributed by atoms with Crippen LogP contribution in [0.15, 0.2) is 11.0 Å². The average molecular weight is 344 g/mol. The fourth-order valence-electron chi connectivity index (χ4n) is 3.49. The van der Waals surface area contributed by atoms with Crippen LogP contribution in [0.1, 0.15) is 31.5 Å². The van der Waals surface area contributed by atoms with Gasteiger partial charge < -0.3 is 10.3 Å². The molecule has 2 N–H and O–H groups in total. The SMILES string of the molecule is Cn1ncc2c(=O)[nH]c(CN3CCC[C@@H](C(=O)NCC4CC4)C3)nc21. The maximum Gasteiger partial charge on any atom is 0.262 e. The van der Waals surface area contributed by atoms with Gasteiger partial charge in [-0.3, -0.25) is 19.2 Å². The van der Waals surface area contributed by atoms with Crippen molar-refractivity contribution in [1.29, 1.82) is 0 Å². The quantitative estimate of drug-likeness (QED) is 0.818. The average Bonchev–Trinajstić information content (AvgIpc) is 3.36. The summed E-state index contributed by atoms with van der Waals surface area (Å²) in [6.45, 7) is 2.99. The molecule has 2 aliphatic rings. The second-order valence-electron chi connectivity index (χ2n) is 7.28. The molecule has 0 radical (unpaired) electrons. The molecule has 1 aliphatic heterocycles. The fraction of sp³-hybridized carbons (Fsp3) is 0.647. The van der Waals surface area contributed by atoms with Gasteiger partial charge in [-0.25, -0.2) is 4.98 Å². The monoisotopic (exact) mass is 344 g/mol. The van der Waals surface area contributed by atoms with Crippen molar-refractivity contribution in [2.45, 2.75) is 32.2 Å². The van der Waals surface area contributed by atoms with Gasteiger partial charge in [-0.05, 0) is 38.1 Å². The normalized spacial score (nSPS) is 21.6. The maximum absolute atomic E-state index is 12.3. The number of hydrogen-bond donors (Lipinski definition) is 2. The third kappa shape index (κ3) is 3.58.